The quantitative estimate of drug-likeness (QED) is 0.608. The minimum absolute atomic E-state index is 0.589. The van der Waals surface area contributed by atoms with Crippen molar-refractivity contribution >= 4 is 29.0 Å². The van der Waals surface area contributed by atoms with Crippen LogP contribution in [-0.4, -0.2) is 18.3 Å². The number of pyridine rings is 1. The molecule has 16 heavy (non-hydrogen) atoms. The lowest BCUT2D eigenvalue weighted by atomic mass is 10.2. The minimum atomic E-state index is -2.38. The van der Waals surface area contributed by atoms with Crippen molar-refractivity contribution < 1.29 is 4.57 Å². The number of rotatable bonds is 1. The third-order valence-corrected chi connectivity index (χ3v) is 4.13. The van der Waals surface area contributed by atoms with Crippen molar-refractivity contribution in [2.45, 2.75) is 6.92 Å². The Morgan fingerprint density at radius 2 is 1.88 bits per heavy atom. The largest absolute Gasteiger partial charge is 0.398 e. The molecular weight excluding hydrogens is 219 g/mol. The Morgan fingerprint density at radius 1 is 1.19 bits per heavy atom. The molecule has 0 aliphatic carbocycles. The summed E-state index contributed by atoms with van der Waals surface area (Å²) in [7, 11) is -2.38. The molecule has 1 aromatic heterocycles. The molecule has 4 heteroatoms. The fourth-order valence-electron chi connectivity index (χ4n) is 1.91. The lowest BCUT2D eigenvalue weighted by molar-refractivity contribution is 0.588. The number of nitrogen functional groups attached to an aromatic ring is 1. The first kappa shape index (κ1) is 11.2. The van der Waals surface area contributed by atoms with E-state index < -0.39 is 7.14 Å². The van der Waals surface area contributed by atoms with Crippen molar-refractivity contribution in [1.82, 2.24) is 4.98 Å². The summed E-state index contributed by atoms with van der Waals surface area (Å²) in [6.07, 6.45) is 0. The molecule has 0 saturated heterocycles. The second-order valence-corrected chi connectivity index (χ2v) is 7.52. The third kappa shape index (κ3) is 1.83. The monoisotopic (exact) mass is 234 g/mol. The van der Waals surface area contributed by atoms with E-state index in [0.717, 1.165) is 21.9 Å². The van der Waals surface area contributed by atoms with E-state index in [1.807, 2.05) is 25.1 Å². The number of aryl methyl sites for hydroxylation is 1. The lowest BCUT2D eigenvalue weighted by Crippen LogP contribution is -2.11. The van der Waals surface area contributed by atoms with E-state index in [4.69, 9.17) is 5.73 Å². The molecule has 3 nitrogen and oxygen atoms in total. The second kappa shape index (κ2) is 3.60. The third-order valence-electron chi connectivity index (χ3n) is 2.55. The van der Waals surface area contributed by atoms with Gasteiger partial charge in [-0.25, -0.2) is 0 Å². The highest BCUT2D eigenvalue weighted by atomic mass is 31.2. The zero-order chi connectivity index (χ0) is 11.9. The fourth-order valence-corrected chi connectivity index (χ4v) is 3.37. The first-order valence-electron chi connectivity index (χ1n) is 5.11. The first-order valence-corrected chi connectivity index (χ1v) is 7.71. The average molecular weight is 234 g/mol. The summed E-state index contributed by atoms with van der Waals surface area (Å²) in [6.45, 7) is 5.41. The second-order valence-electron chi connectivity index (χ2n) is 4.37. The molecule has 0 bridgehead atoms. The predicted molar refractivity (Wildman–Crippen MR) is 70.0 cm³/mol. The van der Waals surface area contributed by atoms with Crippen molar-refractivity contribution in [2.75, 3.05) is 19.1 Å². The molecule has 0 radical (unpaired) electrons. The number of fused-ring (bicyclic) bond motifs is 1. The van der Waals surface area contributed by atoms with Crippen LogP contribution in [0.2, 0.25) is 0 Å². The van der Waals surface area contributed by atoms with Crippen LogP contribution in [0.15, 0.2) is 24.3 Å². The summed E-state index contributed by atoms with van der Waals surface area (Å²) >= 11 is 0. The van der Waals surface area contributed by atoms with Crippen molar-refractivity contribution in [2.24, 2.45) is 0 Å². The van der Waals surface area contributed by atoms with E-state index in [9.17, 15) is 4.57 Å². The van der Waals surface area contributed by atoms with Gasteiger partial charge in [0.15, 0.2) is 0 Å². The van der Waals surface area contributed by atoms with Crippen LogP contribution in [0.4, 0.5) is 5.69 Å². The molecule has 0 saturated carbocycles. The standard InChI is InChI=1S/C12H15N2OP/c1-8-4-5-9-11(14-8)7-6-10(13)12(9)16(2,3)15/h4-7H,13H2,1-3H3. The highest BCUT2D eigenvalue weighted by molar-refractivity contribution is 7.71. The van der Waals surface area contributed by atoms with Gasteiger partial charge in [0, 0.05) is 22.1 Å². The molecule has 0 unspecified atom stereocenters. The predicted octanol–water partition coefficient (Wildman–Crippen LogP) is 2.37. The van der Waals surface area contributed by atoms with Gasteiger partial charge >= 0.3 is 0 Å². The summed E-state index contributed by atoms with van der Waals surface area (Å²) in [4.78, 5) is 4.41. The molecule has 0 aliphatic heterocycles. The van der Waals surface area contributed by atoms with E-state index in [1.165, 1.54) is 0 Å². The summed E-state index contributed by atoms with van der Waals surface area (Å²) in [5, 5.41) is 1.65. The molecule has 2 rings (SSSR count). The summed E-state index contributed by atoms with van der Waals surface area (Å²) in [5.41, 5.74) is 8.30. The molecule has 0 spiro atoms. The molecular formula is C12H15N2OP. The van der Waals surface area contributed by atoms with Gasteiger partial charge in [-0.15, -0.1) is 0 Å². The van der Waals surface area contributed by atoms with Gasteiger partial charge < -0.3 is 10.3 Å². The normalized spacial score (nSPS) is 11.9. The van der Waals surface area contributed by atoms with Crippen molar-refractivity contribution in [3.63, 3.8) is 0 Å². The Morgan fingerprint density at radius 3 is 2.50 bits per heavy atom. The highest BCUT2D eigenvalue weighted by Gasteiger charge is 2.18. The van der Waals surface area contributed by atoms with Crippen LogP contribution in [0, 0.1) is 6.92 Å². The highest BCUT2D eigenvalue weighted by Crippen LogP contribution is 2.39. The average Bonchev–Trinajstić information content (AvgIpc) is 2.16. The summed E-state index contributed by atoms with van der Waals surface area (Å²) in [5.74, 6) is 0. The maximum atomic E-state index is 12.2. The van der Waals surface area contributed by atoms with E-state index >= 15 is 0 Å². The van der Waals surface area contributed by atoms with Gasteiger partial charge in [-0.1, -0.05) is 6.07 Å². The Kier molecular flexibility index (Phi) is 2.51. The van der Waals surface area contributed by atoms with E-state index in [1.54, 1.807) is 19.4 Å². The number of anilines is 1. The van der Waals surface area contributed by atoms with Gasteiger partial charge in [-0.3, -0.25) is 4.98 Å². The molecule has 0 aliphatic rings. The van der Waals surface area contributed by atoms with Crippen LogP contribution < -0.4 is 11.0 Å². The number of hydrogen-bond donors (Lipinski definition) is 1. The Bertz CT molecular complexity index is 601. The van der Waals surface area contributed by atoms with Crippen LogP contribution in [0.25, 0.3) is 10.9 Å². The van der Waals surface area contributed by atoms with Gasteiger partial charge in [-0.05, 0) is 38.5 Å². The molecule has 2 aromatic rings. The molecule has 1 heterocycles. The number of benzene rings is 1. The molecule has 0 fully saturated rings. The SMILES string of the molecule is Cc1ccc2c(P(C)(C)=O)c(N)ccc2n1. The number of aromatic nitrogens is 1. The summed E-state index contributed by atoms with van der Waals surface area (Å²) < 4.78 is 12.2. The molecule has 0 amide bonds. The number of hydrogen-bond acceptors (Lipinski definition) is 3. The van der Waals surface area contributed by atoms with Gasteiger partial charge in [0.1, 0.15) is 7.14 Å². The topological polar surface area (TPSA) is 56.0 Å². The van der Waals surface area contributed by atoms with Crippen molar-refractivity contribution in [3.05, 3.63) is 30.0 Å². The molecule has 84 valence electrons. The molecule has 2 N–H and O–H groups in total. The zero-order valence-corrected chi connectivity index (χ0v) is 10.6. The molecule has 0 atom stereocenters. The first-order chi connectivity index (χ1) is 7.39. The van der Waals surface area contributed by atoms with Crippen LogP contribution in [0.1, 0.15) is 5.69 Å². The van der Waals surface area contributed by atoms with Crippen LogP contribution in [-0.2, 0) is 4.57 Å². The smallest absolute Gasteiger partial charge is 0.112 e. The lowest BCUT2D eigenvalue weighted by Gasteiger charge is -2.13. The van der Waals surface area contributed by atoms with E-state index in [2.05, 4.69) is 4.98 Å². The molecule has 1 aromatic carbocycles. The Hall–Kier alpha value is -1.34. The van der Waals surface area contributed by atoms with Crippen molar-refractivity contribution in [3.8, 4) is 0 Å². The zero-order valence-electron chi connectivity index (χ0n) is 9.69. The van der Waals surface area contributed by atoms with E-state index in [-0.39, 0.29) is 0 Å². The summed E-state index contributed by atoms with van der Waals surface area (Å²) in [6, 6.07) is 7.52. The van der Waals surface area contributed by atoms with Gasteiger partial charge in [0.05, 0.1) is 5.52 Å². The Labute approximate surface area is 95.1 Å². The fraction of sp³-hybridized carbons (Fsp3) is 0.250. The number of nitrogens with two attached hydrogens (primary N) is 1. The van der Waals surface area contributed by atoms with Gasteiger partial charge in [0.2, 0.25) is 0 Å². The van der Waals surface area contributed by atoms with Crippen LogP contribution >= 0.6 is 7.14 Å². The number of nitrogens with zero attached hydrogens (tertiary/aromatic N) is 1. The maximum absolute atomic E-state index is 12.2. The minimum Gasteiger partial charge on any atom is -0.398 e. The van der Waals surface area contributed by atoms with E-state index in [0.29, 0.717) is 5.69 Å². The van der Waals surface area contributed by atoms with Crippen LogP contribution in [0.3, 0.4) is 0 Å². The van der Waals surface area contributed by atoms with Gasteiger partial charge in [0.25, 0.3) is 0 Å². The Balaban J connectivity index is 2.91. The van der Waals surface area contributed by atoms with Crippen molar-refractivity contribution in [1.29, 1.82) is 0 Å². The maximum Gasteiger partial charge on any atom is 0.112 e. The van der Waals surface area contributed by atoms with Crippen LogP contribution in [0.5, 0.6) is 0 Å². The van der Waals surface area contributed by atoms with Gasteiger partial charge in [-0.2, -0.15) is 0 Å².